The van der Waals surface area contributed by atoms with E-state index in [0.717, 1.165) is 5.75 Å². The lowest BCUT2D eigenvalue weighted by molar-refractivity contribution is 0.0654. The standard InChI is InChI=1S/C10H11O3/c1-3-13-9-6-4-8(5-7-9)10(11)12-2/h4-7H,2-3H2,1H3. The molecule has 0 aromatic heterocycles. The van der Waals surface area contributed by atoms with Crippen LogP contribution in [0.2, 0.25) is 0 Å². The quantitative estimate of drug-likeness (QED) is 0.666. The highest BCUT2D eigenvalue weighted by Crippen LogP contribution is 2.12. The molecule has 3 heteroatoms. The van der Waals surface area contributed by atoms with Crippen LogP contribution in [0.15, 0.2) is 24.3 Å². The molecule has 1 aromatic rings. The molecule has 0 N–H and O–H groups in total. The van der Waals surface area contributed by atoms with Crippen LogP contribution in [0.3, 0.4) is 0 Å². The Hall–Kier alpha value is -1.51. The fraction of sp³-hybridized carbons (Fsp3) is 0.200. The van der Waals surface area contributed by atoms with Gasteiger partial charge in [-0.3, -0.25) is 0 Å². The van der Waals surface area contributed by atoms with Gasteiger partial charge in [0.15, 0.2) is 0 Å². The SMILES string of the molecule is [CH2]OC(=O)c1ccc(OCC)cc1. The second kappa shape index (κ2) is 4.50. The summed E-state index contributed by atoms with van der Waals surface area (Å²) in [6.45, 7) is 2.51. The highest BCUT2D eigenvalue weighted by atomic mass is 16.5. The lowest BCUT2D eigenvalue weighted by Gasteiger charge is -2.03. The maximum atomic E-state index is 11.0. The summed E-state index contributed by atoms with van der Waals surface area (Å²) < 4.78 is 9.51. The van der Waals surface area contributed by atoms with Gasteiger partial charge in [-0.05, 0) is 31.2 Å². The smallest absolute Gasteiger partial charge is 0.338 e. The highest BCUT2D eigenvalue weighted by molar-refractivity contribution is 5.89. The first-order chi connectivity index (χ1) is 6.27. The van der Waals surface area contributed by atoms with Crippen molar-refractivity contribution in [1.82, 2.24) is 0 Å². The molecule has 0 bridgehead atoms. The third-order valence-electron chi connectivity index (χ3n) is 1.53. The molecule has 0 unspecified atom stereocenters. The Morgan fingerprint density at radius 3 is 2.46 bits per heavy atom. The second-order valence-electron chi connectivity index (χ2n) is 2.39. The number of ether oxygens (including phenoxy) is 2. The fourth-order valence-corrected chi connectivity index (χ4v) is 0.937. The van der Waals surface area contributed by atoms with Crippen LogP contribution >= 0.6 is 0 Å². The first-order valence-corrected chi connectivity index (χ1v) is 3.97. The van der Waals surface area contributed by atoms with Crippen molar-refractivity contribution in [3.8, 4) is 5.75 Å². The Bertz CT molecular complexity index is 277. The van der Waals surface area contributed by atoms with Crippen LogP contribution in [0.5, 0.6) is 5.75 Å². The third-order valence-corrected chi connectivity index (χ3v) is 1.53. The normalized spacial score (nSPS) is 9.38. The van der Waals surface area contributed by atoms with Crippen molar-refractivity contribution in [2.45, 2.75) is 6.92 Å². The Balaban J connectivity index is 2.75. The minimum absolute atomic E-state index is 0.442. The second-order valence-corrected chi connectivity index (χ2v) is 2.39. The molecule has 0 aliphatic heterocycles. The van der Waals surface area contributed by atoms with E-state index in [1.165, 1.54) is 0 Å². The van der Waals surface area contributed by atoms with Gasteiger partial charge in [0.05, 0.1) is 12.2 Å². The number of hydrogen-bond acceptors (Lipinski definition) is 3. The number of benzene rings is 1. The molecule has 0 atom stereocenters. The largest absolute Gasteiger partial charge is 0.494 e. The first-order valence-electron chi connectivity index (χ1n) is 3.97. The maximum absolute atomic E-state index is 11.0. The molecule has 1 aromatic carbocycles. The minimum atomic E-state index is -0.442. The monoisotopic (exact) mass is 179 g/mol. The van der Waals surface area contributed by atoms with Crippen molar-refractivity contribution < 1.29 is 14.3 Å². The van der Waals surface area contributed by atoms with Crippen molar-refractivity contribution in [3.05, 3.63) is 36.9 Å². The molecule has 0 saturated carbocycles. The average Bonchev–Trinajstić information content (AvgIpc) is 2.18. The zero-order valence-corrected chi connectivity index (χ0v) is 7.45. The van der Waals surface area contributed by atoms with E-state index in [9.17, 15) is 4.79 Å². The summed E-state index contributed by atoms with van der Waals surface area (Å²) in [5, 5.41) is 0. The number of rotatable bonds is 3. The van der Waals surface area contributed by atoms with E-state index in [1.54, 1.807) is 24.3 Å². The van der Waals surface area contributed by atoms with E-state index in [-0.39, 0.29) is 0 Å². The lowest BCUT2D eigenvalue weighted by atomic mass is 10.2. The summed E-state index contributed by atoms with van der Waals surface area (Å²) >= 11 is 0. The molecule has 0 spiro atoms. The Kier molecular flexibility index (Phi) is 3.31. The van der Waals surface area contributed by atoms with Crippen molar-refractivity contribution in [3.63, 3.8) is 0 Å². The Labute approximate surface area is 77.3 Å². The summed E-state index contributed by atoms with van der Waals surface area (Å²) in [6, 6.07) is 6.71. The summed E-state index contributed by atoms with van der Waals surface area (Å²) in [4.78, 5) is 11.0. The molecule has 69 valence electrons. The molecule has 0 heterocycles. The van der Waals surface area contributed by atoms with Gasteiger partial charge in [0, 0.05) is 0 Å². The number of esters is 1. The number of carbonyl (C=O) groups is 1. The molecule has 1 rings (SSSR count). The maximum Gasteiger partial charge on any atom is 0.338 e. The molecule has 13 heavy (non-hydrogen) atoms. The van der Waals surface area contributed by atoms with Crippen LogP contribution in [-0.2, 0) is 4.74 Å². The molecule has 0 saturated heterocycles. The number of carbonyl (C=O) groups excluding carboxylic acids is 1. The number of hydrogen-bond donors (Lipinski definition) is 0. The first kappa shape index (κ1) is 9.58. The van der Waals surface area contributed by atoms with E-state index in [0.29, 0.717) is 12.2 Å². The Morgan fingerprint density at radius 1 is 1.38 bits per heavy atom. The molecule has 0 aliphatic carbocycles. The van der Waals surface area contributed by atoms with Crippen LogP contribution < -0.4 is 4.74 Å². The van der Waals surface area contributed by atoms with Gasteiger partial charge >= 0.3 is 5.97 Å². The zero-order valence-electron chi connectivity index (χ0n) is 7.45. The Morgan fingerprint density at radius 2 is 2.00 bits per heavy atom. The topological polar surface area (TPSA) is 35.5 Å². The molecule has 1 radical (unpaired) electrons. The third kappa shape index (κ3) is 2.47. The molecule has 0 amide bonds. The van der Waals surface area contributed by atoms with Gasteiger partial charge in [-0.25, -0.2) is 4.79 Å². The molecule has 0 aliphatic rings. The fourth-order valence-electron chi connectivity index (χ4n) is 0.937. The van der Waals surface area contributed by atoms with Gasteiger partial charge in [-0.2, -0.15) is 0 Å². The van der Waals surface area contributed by atoms with E-state index in [4.69, 9.17) is 4.74 Å². The molecule has 3 nitrogen and oxygen atoms in total. The van der Waals surface area contributed by atoms with Gasteiger partial charge in [0.1, 0.15) is 12.9 Å². The van der Waals surface area contributed by atoms with Gasteiger partial charge in [0.25, 0.3) is 0 Å². The molecular weight excluding hydrogens is 168 g/mol. The summed E-state index contributed by atoms with van der Waals surface area (Å²) in [7, 11) is 3.04. The van der Waals surface area contributed by atoms with Crippen LogP contribution in [0.1, 0.15) is 17.3 Å². The van der Waals surface area contributed by atoms with Gasteiger partial charge < -0.3 is 9.47 Å². The van der Waals surface area contributed by atoms with Crippen molar-refractivity contribution in [1.29, 1.82) is 0 Å². The summed E-state index contributed by atoms with van der Waals surface area (Å²) in [5.74, 6) is 0.297. The van der Waals surface area contributed by atoms with E-state index in [1.807, 2.05) is 6.92 Å². The molecule has 0 fully saturated rings. The van der Waals surface area contributed by atoms with Gasteiger partial charge in [0.2, 0.25) is 0 Å². The lowest BCUT2D eigenvalue weighted by Crippen LogP contribution is -1.99. The summed E-state index contributed by atoms with van der Waals surface area (Å²) in [6.07, 6.45) is 0. The van der Waals surface area contributed by atoms with E-state index < -0.39 is 5.97 Å². The zero-order chi connectivity index (χ0) is 9.68. The minimum Gasteiger partial charge on any atom is -0.494 e. The van der Waals surface area contributed by atoms with Crippen molar-refractivity contribution in [2.24, 2.45) is 0 Å². The van der Waals surface area contributed by atoms with E-state index >= 15 is 0 Å². The van der Waals surface area contributed by atoms with Gasteiger partial charge in [-0.15, -0.1) is 0 Å². The van der Waals surface area contributed by atoms with Crippen molar-refractivity contribution in [2.75, 3.05) is 6.61 Å². The van der Waals surface area contributed by atoms with Crippen LogP contribution in [-0.4, -0.2) is 12.6 Å². The van der Waals surface area contributed by atoms with E-state index in [2.05, 4.69) is 11.8 Å². The predicted octanol–water partition coefficient (Wildman–Crippen LogP) is 2.03. The predicted molar refractivity (Wildman–Crippen MR) is 48.4 cm³/mol. The van der Waals surface area contributed by atoms with Crippen molar-refractivity contribution >= 4 is 5.97 Å². The summed E-state index contributed by atoms with van der Waals surface area (Å²) in [5.41, 5.74) is 0.471. The molecular formula is C10H11O3. The van der Waals surface area contributed by atoms with Crippen LogP contribution in [0, 0.1) is 7.11 Å². The van der Waals surface area contributed by atoms with Gasteiger partial charge in [-0.1, -0.05) is 0 Å². The average molecular weight is 179 g/mol. The highest BCUT2D eigenvalue weighted by Gasteiger charge is 2.03. The van der Waals surface area contributed by atoms with Crippen LogP contribution in [0.4, 0.5) is 0 Å². The van der Waals surface area contributed by atoms with Crippen LogP contribution in [0.25, 0.3) is 0 Å².